The fourth-order valence-corrected chi connectivity index (χ4v) is 5.16. The number of fused-ring (bicyclic) bond motifs is 1. The molecule has 3 heterocycles. The first kappa shape index (κ1) is 21.5. The number of benzene rings is 1. The van der Waals surface area contributed by atoms with Crippen molar-refractivity contribution >= 4 is 39.4 Å². The molecule has 1 fully saturated rings. The van der Waals surface area contributed by atoms with Gasteiger partial charge >= 0.3 is 0 Å². The summed E-state index contributed by atoms with van der Waals surface area (Å²) in [6, 6.07) is 3.65. The summed E-state index contributed by atoms with van der Waals surface area (Å²) < 4.78 is 21.2. The average Bonchev–Trinajstić information content (AvgIpc) is 3.03. The fraction of sp³-hybridized carbons (Fsp3) is 0.400. The Morgan fingerprint density at radius 1 is 1.42 bits per heavy atom. The van der Waals surface area contributed by atoms with Gasteiger partial charge in [-0.2, -0.15) is 10.4 Å². The van der Waals surface area contributed by atoms with Crippen LogP contribution in [0.25, 0.3) is 11.0 Å². The van der Waals surface area contributed by atoms with Crippen molar-refractivity contribution < 1.29 is 8.95 Å². The predicted molar refractivity (Wildman–Crippen MR) is 119 cm³/mol. The van der Waals surface area contributed by atoms with Crippen LogP contribution in [0.3, 0.4) is 0 Å². The minimum Gasteiger partial charge on any atom is -0.496 e. The average molecular weight is 460 g/mol. The van der Waals surface area contributed by atoms with Crippen molar-refractivity contribution in [3.05, 3.63) is 39.8 Å². The molecule has 0 radical (unpaired) electrons. The molecule has 4 rings (SSSR count). The summed E-state index contributed by atoms with van der Waals surface area (Å²) >= 11 is 6.54. The van der Waals surface area contributed by atoms with Crippen LogP contribution in [-0.4, -0.2) is 54.7 Å². The van der Waals surface area contributed by atoms with Crippen molar-refractivity contribution in [2.24, 2.45) is 0 Å². The summed E-state index contributed by atoms with van der Waals surface area (Å²) in [6.07, 6.45) is 3.05. The number of hydrogen-bond donors (Lipinski definition) is 1. The fourth-order valence-electron chi connectivity index (χ4n) is 4.11. The molecule has 1 aromatic carbocycles. The van der Waals surface area contributed by atoms with Crippen LogP contribution in [0, 0.1) is 18.3 Å². The van der Waals surface area contributed by atoms with Gasteiger partial charge in [0.25, 0.3) is 0 Å². The molecule has 2 unspecified atom stereocenters. The van der Waals surface area contributed by atoms with Crippen LogP contribution in [0.15, 0.2) is 12.4 Å². The Hall–Kier alpha value is -2.74. The molecule has 9 nitrogen and oxygen atoms in total. The van der Waals surface area contributed by atoms with Gasteiger partial charge in [-0.15, -0.1) is 0 Å². The highest BCUT2D eigenvalue weighted by atomic mass is 35.5. The van der Waals surface area contributed by atoms with Crippen molar-refractivity contribution in [1.82, 2.24) is 24.1 Å². The van der Waals surface area contributed by atoms with Gasteiger partial charge in [-0.05, 0) is 19.9 Å². The van der Waals surface area contributed by atoms with E-state index in [-0.39, 0.29) is 12.0 Å². The Balaban J connectivity index is 1.87. The van der Waals surface area contributed by atoms with Gasteiger partial charge < -0.3 is 10.5 Å². The number of hydrogen-bond acceptors (Lipinski definition) is 7. The molecular formula is C20H22ClN7O2S. The summed E-state index contributed by atoms with van der Waals surface area (Å²) in [7, 11) is 0.511. The molecule has 0 saturated carbocycles. The molecule has 0 spiro atoms. The van der Waals surface area contributed by atoms with Gasteiger partial charge in [0.1, 0.15) is 24.0 Å². The summed E-state index contributed by atoms with van der Waals surface area (Å²) in [5, 5.41) is 15.5. The van der Waals surface area contributed by atoms with E-state index in [2.05, 4.69) is 21.1 Å². The smallest absolute Gasteiger partial charge is 0.164 e. The van der Waals surface area contributed by atoms with E-state index < -0.39 is 11.0 Å². The van der Waals surface area contributed by atoms with Crippen LogP contribution in [-0.2, 0) is 11.0 Å². The third-order valence-electron chi connectivity index (χ3n) is 5.74. The zero-order valence-electron chi connectivity index (χ0n) is 17.6. The second-order valence-electron chi connectivity index (χ2n) is 7.51. The van der Waals surface area contributed by atoms with Gasteiger partial charge in [0.05, 0.1) is 45.8 Å². The SMILES string of the molecule is COc1c(C(C)n2nc(C)c3c(N)ncnc32)cc(Cl)c(C#N)c1C1CN(S(C)=O)C1. The van der Waals surface area contributed by atoms with Gasteiger partial charge in [0.2, 0.25) is 0 Å². The number of nitrogens with two attached hydrogens (primary N) is 1. The van der Waals surface area contributed by atoms with Crippen LogP contribution >= 0.6 is 11.6 Å². The lowest BCUT2D eigenvalue weighted by Crippen LogP contribution is -2.45. The third-order valence-corrected chi connectivity index (χ3v) is 7.07. The number of halogens is 1. The number of ether oxygens (including phenoxy) is 1. The minimum atomic E-state index is -1.06. The van der Waals surface area contributed by atoms with Gasteiger partial charge in [-0.1, -0.05) is 11.6 Å². The molecule has 1 aliphatic heterocycles. The maximum absolute atomic E-state index is 11.8. The van der Waals surface area contributed by atoms with Crippen LogP contribution < -0.4 is 10.5 Å². The van der Waals surface area contributed by atoms with Crippen molar-refractivity contribution in [3.63, 3.8) is 0 Å². The summed E-state index contributed by atoms with van der Waals surface area (Å²) in [5.41, 5.74) is 9.27. The van der Waals surface area contributed by atoms with Crippen molar-refractivity contribution in [1.29, 1.82) is 5.26 Å². The molecule has 0 bridgehead atoms. The zero-order chi connectivity index (χ0) is 22.4. The molecule has 1 aliphatic rings. The van der Waals surface area contributed by atoms with Gasteiger partial charge in [-0.3, -0.25) is 0 Å². The number of rotatable bonds is 5. The standard InChI is InChI=1S/C20H22ClN7O2S/c1-10-16-19(23)24-9-25-20(16)28(26-10)11(2)13-5-15(21)14(6-22)17(18(13)30-3)12-7-27(8-12)31(4)29/h5,9,11-12H,7-8H2,1-4H3,(H2,23,24,25). The number of methoxy groups -OCH3 is 1. The molecule has 11 heteroatoms. The molecule has 2 atom stereocenters. The van der Waals surface area contributed by atoms with Crippen LogP contribution in [0.4, 0.5) is 5.82 Å². The van der Waals surface area contributed by atoms with Crippen LogP contribution in [0.5, 0.6) is 5.75 Å². The highest BCUT2D eigenvalue weighted by molar-refractivity contribution is 7.81. The zero-order valence-corrected chi connectivity index (χ0v) is 19.2. The van der Waals surface area contributed by atoms with Crippen LogP contribution in [0.2, 0.25) is 5.02 Å². The Morgan fingerprint density at radius 2 is 2.13 bits per heavy atom. The van der Waals surface area contributed by atoms with Gasteiger partial charge in [0, 0.05) is 36.4 Å². The Labute approximate surface area is 187 Å². The highest BCUT2D eigenvalue weighted by Crippen LogP contribution is 2.44. The van der Waals surface area contributed by atoms with Crippen LogP contribution in [0.1, 0.15) is 41.3 Å². The van der Waals surface area contributed by atoms with Gasteiger partial charge in [0.15, 0.2) is 5.65 Å². The van der Waals surface area contributed by atoms with Crippen molar-refractivity contribution in [3.8, 4) is 11.8 Å². The largest absolute Gasteiger partial charge is 0.496 e. The molecular weight excluding hydrogens is 438 g/mol. The van der Waals surface area contributed by atoms with E-state index in [0.29, 0.717) is 46.3 Å². The predicted octanol–water partition coefficient (Wildman–Crippen LogP) is 2.55. The summed E-state index contributed by atoms with van der Waals surface area (Å²) in [4.78, 5) is 8.44. The Morgan fingerprint density at radius 3 is 2.74 bits per heavy atom. The molecule has 1 saturated heterocycles. The molecule has 2 N–H and O–H groups in total. The van der Waals surface area contributed by atoms with E-state index >= 15 is 0 Å². The number of aryl methyl sites for hydroxylation is 1. The Bertz CT molecular complexity index is 1250. The lowest BCUT2D eigenvalue weighted by Gasteiger charge is -2.38. The topological polar surface area (TPSA) is 123 Å². The van der Waals surface area contributed by atoms with Gasteiger partial charge in [-0.25, -0.2) is 23.2 Å². The molecule has 2 aromatic heterocycles. The van der Waals surface area contributed by atoms with E-state index in [1.807, 2.05) is 18.2 Å². The molecule has 3 aromatic rings. The van der Waals surface area contributed by atoms with E-state index in [1.54, 1.807) is 24.1 Å². The van der Waals surface area contributed by atoms with Crippen molar-refractivity contribution in [2.45, 2.75) is 25.8 Å². The number of anilines is 1. The number of nitrogen functional groups attached to an aromatic ring is 1. The molecule has 31 heavy (non-hydrogen) atoms. The number of aromatic nitrogens is 4. The van der Waals surface area contributed by atoms with E-state index in [4.69, 9.17) is 22.1 Å². The first-order chi connectivity index (χ1) is 14.8. The van der Waals surface area contributed by atoms with E-state index in [0.717, 1.165) is 16.8 Å². The second kappa shape index (κ2) is 8.07. The normalized spacial score (nSPS) is 16.6. The summed E-state index contributed by atoms with van der Waals surface area (Å²) in [5.74, 6) is 0.948. The molecule has 162 valence electrons. The number of nitrogens with zero attached hydrogens (tertiary/aromatic N) is 6. The lowest BCUT2D eigenvalue weighted by atomic mass is 9.86. The summed E-state index contributed by atoms with van der Waals surface area (Å²) in [6.45, 7) is 4.95. The monoisotopic (exact) mass is 459 g/mol. The number of nitriles is 1. The minimum absolute atomic E-state index is 0.00720. The Kier molecular flexibility index (Phi) is 5.60. The van der Waals surface area contributed by atoms with Crippen molar-refractivity contribution in [2.75, 3.05) is 32.2 Å². The highest BCUT2D eigenvalue weighted by Gasteiger charge is 2.36. The first-order valence-electron chi connectivity index (χ1n) is 9.62. The first-order valence-corrected chi connectivity index (χ1v) is 11.5. The molecule has 0 amide bonds. The molecule has 0 aliphatic carbocycles. The maximum Gasteiger partial charge on any atom is 0.164 e. The van der Waals surface area contributed by atoms with E-state index in [9.17, 15) is 9.47 Å². The maximum atomic E-state index is 11.8. The second-order valence-corrected chi connectivity index (χ2v) is 9.28. The third kappa shape index (κ3) is 3.43. The lowest BCUT2D eigenvalue weighted by molar-refractivity contribution is 0.271. The van der Waals surface area contributed by atoms with E-state index in [1.165, 1.54) is 6.33 Å². The quantitative estimate of drug-likeness (QED) is 0.621.